The number of hydrogen-bond acceptors (Lipinski definition) is 10. The van der Waals surface area contributed by atoms with Gasteiger partial charge in [-0.15, -0.1) is 0 Å². The van der Waals surface area contributed by atoms with Gasteiger partial charge in [-0.25, -0.2) is 14.4 Å². The van der Waals surface area contributed by atoms with Crippen molar-refractivity contribution in [3.05, 3.63) is 58.7 Å². The lowest BCUT2D eigenvalue weighted by atomic mass is 9.49. The van der Waals surface area contributed by atoms with Gasteiger partial charge in [0.15, 0.2) is 29.0 Å². The minimum Gasteiger partial charge on any atom is -0.477 e. The van der Waals surface area contributed by atoms with Crippen LogP contribution in [0.3, 0.4) is 0 Å². The molecule has 1 unspecified atom stereocenters. The molecule has 2 aliphatic heterocycles. The minimum absolute atomic E-state index is 0.0765. The lowest BCUT2D eigenvalue weighted by molar-refractivity contribution is -0.191. The fraction of sp³-hybridized carbons (Fsp3) is 0.484. The summed E-state index contributed by atoms with van der Waals surface area (Å²) in [5.74, 6) is 0.386. The molecule has 0 aromatic heterocycles. The first-order chi connectivity index (χ1) is 20.4. The molecule has 1 aromatic rings. The van der Waals surface area contributed by atoms with Gasteiger partial charge in [-0.1, -0.05) is 30.4 Å². The third kappa shape index (κ3) is 3.93. The van der Waals surface area contributed by atoms with Crippen LogP contribution in [0.25, 0.3) is 0 Å². The Bertz CT molecular complexity index is 1520. The quantitative estimate of drug-likeness (QED) is 0.194. The standard InChI is InChI=1S/C31H29NO10/c33-21-9-10-31(42-29(36)39-16-19-5-6-19)23-13-20-7-8-22(40-28(35)38-15-18-3-4-18)25-24(20)30(31,26(21)41-25)11-12-32(23)27(34)37-14-17-1-2-17/h1,3-5,7-8,18,23,26H,2,6,9-16H2/t23-,26+,30+,31?/m1/s1. The highest BCUT2D eigenvalue weighted by Gasteiger charge is 2.76. The number of benzene rings is 1. The molecule has 2 fully saturated rings. The Morgan fingerprint density at radius 3 is 2.48 bits per heavy atom. The van der Waals surface area contributed by atoms with Crippen LogP contribution < -0.4 is 9.47 Å². The topological polar surface area (TPSA) is 127 Å². The Labute approximate surface area is 241 Å². The second-order valence-electron chi connectivity index (χ2n) is 12.0. The van der Waals surface area contributed by atoms with Crippen LogP contribution in [0.4, 0.5) is 14.4 Å². The van der Waals surface area contributed by atoms with E-state index in [0.717, 1.165) is 29.6 Å². The molecule has 8 rings (SSSR count). The van der Waals surface area contributed by atoms with Crippen LogP contribution in [0.5, 0.6) is 11.5 Å². The maximum absolute atomic E-state index is 13.5. The SMILES string of the molecule is O=C(OCC1C=C1)Oc1ccc2c3c1O[C@H]1C(=O)CCC4(OC(=O)OCC5=CC5)[C@@H](C2)N(C(=O)OCC2=CC2)CC[C@]314. The number of Topliss-reactive ketones (excluding diaryl/α,β-unsaturated/α-hetero) is 1. The van der Waals surface area contributed by atoms with Gasteiger partial charge in [0.2, 0.25) is 0 Å². The molecule has 1 aromatic carbocycles. The highest BCUT2D eigenvalue weighted by molar-refractivity contribution is 5.91. The molecule has 5 aliphatic carbocycles. The first-order valence-electron chi connectivity index (χ1n) is 14.4. The van der Waals surface area contributed by atoms with E-state index in [9.17, 15) is 19.2 Å². The predicted molar refractivity (Wildman–Crippen MR) is 142 cm³/mol. The number of ketones is 1. The summed E-state index contributed by atoms with van der Waals surface area (Å²) in [5.41, 5.74) is 1.14. The summed E-state index contributed by atoms with van der Waals surface area (Å²) >= 11 is 0. The zero-order valence-corrected chi connectivity index (χ0v) is 22.8. The average Bonchev–Trinajstić information content (AvgIpc) is 3.83. The number of ether oxygens (including phenoxy) is 6. The van der Waals surface area contributed by atoms with E-state index in [1.54, 1.807) is 11.0 Å². The summed E-state index contributed by atoms with van der Waals surface area (Å²) < 4.78 is 34.6. The molecule has 1 amide bonds. The van der Waals surface area contributed by atoms with Gasteiger partial charge >= 0.3 is 18.4 Å². The molecule has 1 spiro atoms. The Morgan fingerprint density at radius 2 is 1.74 bits per heavy atom. The van der Waals surface area contributed by atoms with Gasteiger partial charge in [0.25, 0.3) is 0 Å². The Balaban J connectivity index is 1.19. The van der Waals surface area contributed by atoms with Crippen LogP contribution in [0, 0.1) is 5.92 Å². The molecule has 7 aliphatic rings. The minimum atomic E-state index is -1.33. The highest BCUT2D eigenvalue weighted by atomic mass is 16.7. The van der Waals surface area contributed by atoms with Crippen molar-refractivity contribution in [3.8, 4) is 11.5 Å². The third-order valence-corrected chi connectivity index (χ3v) is 9.50. The smallest absolute Gasteiger partial charge is 0.477 e. The molecule has 0 radical (unpaired) electrons. The number of piperidine rings is 1. The molecule has 1 saturated carbocycles. The van der Waals surface area contributed by atoms with Crippen LogP contribution in [0.15, 0.2) is 47.6 Å². The second-order valence-corrected chi connectivity index (χ2v) is 12.0. The van der Waals surface area contributed by atoms with Crippen molar-refractivity contribution in [2.24, 2.45) is 5.92 Å². The number of carbonyl (C=O) groups is 4. The Morgan fingerprint density at radius 1 is 0.976 bits per heavy atom. The largest absolute Gasteiger partial charge is 0.514 e. The first-order valence-corrected chi connectivity index (χ1v) is 14.4. The highest BCUT2D eigenvalue weighted by Crippen LogP contribution is 2.66. The summed E-state index contributed by atoms with van der Waals surface area (Å²) in [6, 6.07) is 2.81. The first kappa shape index (κ1) is 25.4. The molecule has 1 saturated heterocycles. The van der Waals surface area contributed by atoms with Crippen molar-refractivity contribution in [3.63, 3.8) is 0 Å². The van der Waals surface area contributed by atoms with E-state index in [0.29, 0.717) is 12.0 Å². The normalized spacial score (nSPS) is 30.3. The average molecular weight is 576 g/mol. The summed E-state index contributed by atoms with van der Waals surface area (Å²) in [4.78, 5) is 54.4. The van der Waals surface area contributed by atoms with Gasteiger partial charge in [-0.3, -0.25) is 4.79 Å². The number of amides is 1. The van der Waals surface area contributed by atoms with Crippen molar-refractivity contribution >= 4 is 24.2 Å². The van der Waals surface area contributed by atoms with Crippen LogP contribution in [0.2, 0.25) is 0 Å². The molecule has 2 bridgehead atoms. The molecule has 4 atom stereocenters. The van der Waals surface area contributed by atoms with Crippen molar-refractivity contribution < 1.29 is 47.6 Å². The summed E-state index contributed by atoms with van der Waals surface area (Å²) in [6.45, 7) is 0.802. The van der Waals surface area contributed by atoms with E-state index in [1.807, 2.05) is 30.4 Å². The van der Waals surface area contributed by atoms with E-state index in [-0.39, 0.29) is 68.8 Å². The molecule has 11 heteroatoms. The van der Waals surface area contributed by atoms with Gasteiger partial charge in [0, 0.05) is 24.4 Å². The van der Waals surface area contributed by atoms with Crippen LogP contribution in [-0.4, -0.2) is 73.2 Å². The zero-order chi connectivity index (χ0) is 28.6. The van der Waals surface area contributed by atoms with Crippen molar-refractivity contribution in [1.29, 1.82) is 0 Å². The monoisotopic (exact) mass is 575 g/mol. The Hall–Kier alpha value is -4.28. The van der Waals surface area contributed by atoms with Crippen LogP contribution in [0.1, 0.15) is 43.2 Å². The molecule has 218 valence electrons. The molecular weight excluding hydrogens is 546 g/mol. The van der Waals surface area contributed by atoms with Crippen LogP contribution >= 0.6 is 0 Å². The van der Waals surface area contributed by atoms with Crippen molar-refractivity contribution in [2.45, 2.75) is 61.7 Å². The van der Waals surface area contributed by atoms with E-state index < -0.39 is 41.6 Å². The number of rotatable bonds is 8. The summed E-state index contributed by atoms with van der Waals surface area (Å²) in [6.07, 6.45) is 7.06. The molecule has 0 N–H and O–H groups in total. The maximum Gasteiger partial charge on any atom is 0.514 e. The number of nitrogens with zero attached hydrogens (tertiary/aromatic N) is 1. The number of carbonyl (C=O) groups excluding carboxylic acids is 4. The molecule has 42 heavy (non-hydrogen) atoms. The predicted octanol–water partition coefficient (Wildman–Crippen LogP) is 4.07. The molecular formula is C31H29NO10. The van der Waals surface area contributed by atoms with Gasteiger partial charge in [-0.05, 0) is 54.9 Å². The third-order valence-electron chi connectivity index (χ3n) is 9.50. The fourth-order valence-corrected chi connectivity index (χ4v) is 7.22. The van der Waals surface area contributed by atoms with Crippen molar-refractivity contribution in [1.82, 2.24) is 4.90 Å². The zero-order valence-electron chi connectivity index (χ0n) is 22.8. The lowest BCUT2D eigenvalue weighted by Crippen LogP contribution is -2.78. The van der Waals surface area contributed by atoms with E-state index in [2.05, 4.69) is 0 Å². The second kappa shape index (κ2) is 9.11. The maximum atomic E-state index is 13.5. The summed E-state index contributed by atoms with van der Waals surface area (Å²) in [7, 11) is 0. The van der Waals surface area contributed by atoms with E-state index in [4.69, 9.17) is 28.4 Å². The van der Waals surface area contributed by atoms with Crippen molar-refractivity contribution in [2.75, 3.05) is 26.4 Å². The lowest BCUT2D eigenvalue weighted by Gasteiger charge is -2.62. The molecule has 2 heterocycles. The van der Waals surface area contributed by atoms with Gasteiger partial charge in [0.1, 0.15) is 19.8 Å². The number of likely N-dealkylation sites (tertiary alicyclic amines) is 1. The van der Waals surface area contributed by atoms with Gasteiger partial charge in [0.05, 0.1) is 11.5 Å². The van der Waals surface area contributed by atoms with E-state index in [1.165, 1.54) is 0 Å². The van der Waals surface area contributed by atoms with Crippen LogP contribution in [-0.2, 0) is 35.6 Å². The summed E-state index contributed by atoms with van der Waals surface area (Å²) in [5, 5.41) is 0. The Kier molecular flexibility index (Phi) is 5.52. The van der Waals surface area contributed by atoms with Gasteiger partial charge < -0.3 is 33.3 Å². The molecule has 11 nitrogen and oxygen atoms in total. The van der Waals surface area contributed by atoms with E-state index >= 15 is 0 Å². The number of hydrogen-bond donors (Lipinski definition) is 0. The fourth-order valence-electron chi connectivity index (χ4n) is 7.22. The number of allylic oxidation sites excluding steroid dienone is 2. The van der Waals surface area contributed by atoms with Gasteiger partial charge in [-0.2, -0.15) is 0 Å².